The average Bonchev–Trinajstić information content (AvgIpc) is 2.76. The van der Waals surface area contributed by atoms with Crippen molar-refractivity contribution in [2.45, 2.75) is 36.6 Å². The number of hydrogen-bond acceptors (Lipinski definition) is 5. The molecule has 1 atom stereocenters. The van der Waals surface area contributed by atoms with Gasteiger partial charge in [0.25, 0.3) is 5.56 Å². The number of nitrogens with zero attached hydrogens (tertiary/aromatic N) is 1. The van der Waals surface area contributed by atoms with Crippen LogP contribution in [0.4, 0.5) is 10.2 Å². The van der Waals surface area contributed by atoms with E-state index >= 15 is 0 Å². The van der Waals surface area contributed by atoms with Crippen LogP contribution >= 0.6 is 11.8 Å². The molecule has 1 aliphatic heterocycles. The maximum Gasteiger partial charge on any atom is 0.257 e. The summed E-state index contributed by atoms with van der Waals surface area (Å²) in [7, 11) is 0. The Labute approximate surface area is 183 Å². The van der Waals surface area contributed by atoms with Crippen molar-refractivity contribution >= 4 is 23.5 Å². The molecule has 2 aromatic carbocycles. The Kier molecular flexibility index (Phi) is 6.36. The summed E-state index contributed by atoms with van der Waals surface area (Å²) in [5, 5.41) is 3.13. The maximum atomic E-state index is 13.1. The lowest BCUT2D eigenvalue weighted by atomic mass is 9.86. The molecule has 0 unspecified atom stereocenters. The van der Waals surface area contributed by atoms with Crippen LogP contribution in [0.3, 0.4) is 0 Å². The van der Waals surface area contributed by atoms with E-state index < -0.39 is 5.92 Å². The van der Waals surface area contributed by atoms with Crippen molar-refractivity contribution in [2.24, 2.45) is 0 Å². The van der Waals surface area contributed by atoms with Gasteiger partial charge >= 0.3 is 0 Å². The Morgan fingerprint density at radius 2 is 1.94 bits per heavy atom. The second-order valence-electron chi connectivity index (χ2n) is 7.24. The highest BCUT2D eigenvalue weighted by Gasteiger charge is 2.32. The van der Waals surface area contributed by atoms with Gasteiger partial charge in [-0.2, -0.15) is 0 Å². The minimum Gasteiger partial charge on any atom is -0.493 e. The Morgan fingerprint density at radius 3 is 2.71 bits per heavy atom. The molecule has 4 rings (SSSR count). The number of amides is 1. The molecule has 160 valence electrons. The number of halogens is 1. The van der Waals surface area contributed by atoms with E-state index in [1.54, 1.807) is 12.1 Å². The largest absolute Gasteiger partial charge is 0.493 e. The molecule has 0 radical (unpaired) electrons. The third kappa shape index (κ3) is 4.80. The molecule has 0 fully saturated rings. The lowest BCUT2D eigenvalue weighted by molar-refractivity contribution is -0.116. The first-order valence-corrected chi connectivity index (χ1v) is 11.1. The average molecular weight is 440 g/mol. The fourth-order valence-corrected chi connectivity index (χ4v) is 4.35. The van der Waals surface area contributed by atoms with E-state index in [0.717, 1.165) is 17.5 Å². The smallest absolute Gasteiger partial charge is 0.257 e. The number of rotatable bonds is 7. The normalized spacial score (nSPS) is 15.3. The fourth-order valence-electron chi connectivity index (χ4n) is 3.53. The van der Waals surface area contributed by atoms with Crippen LogP contribution in [0.1, 0.15) is 42.4 Å². The molecular formula is C23H22FN3O3S. The van der Waals surface area contributed by atoms with Gasteiger partial charge in [-0.3, -0.25) is 9.59 Å². The Morgan fingerprint density at radius 1 is 1.16 bits per heavy atom. The zero-order valence-electron chi connectivity index (χ0n) is 17.0. The van der Waals surface area contributed by atoms with Gasteiger partial charge in [0, 0.05) is 23.7 Å². The lowest BCUT2D eigenvalue weighted by Gasteiger charge is -2.26. The van der Waals surface area contributed by atoms with Gasteiger partial charge in [0.1, 0.15) is 17.4 Å². The number of anilines is 1. The van der Waals surface area contributed by atoms with Crippen LogP contribution in [-0.4, -0.2) is 22.5 Å². The summed E-state index contributed by atoms with van der Waals surface area (Å²) >= 11 is 1.31. The Hall–Kier alpha value is -3.13. The van der Waals surface area contributed by atoms with Crippen LogP contribution < -0.4 is 15.6 Å². The van der Waals surface area contributed by atoms with E-state index in [9.17, 15) is 14.0 Å². The van der Waals surface area contributed by atoms with Gasteiger partial charge < -0.3 is 15.0 Å². The molecule has 1 aromatic heterocycles. The van der Waals surface area contributed by atoms with Gasteiger partial charge in [-0.25, -0.2) is 9.37 Å². The topological polar surface area (TPSA) is 84.1 Å². The van der Waals surface area contributed by atoms with Gasteiger partial charge in [-0.05, 0) is 30.2 Å². The number of thioether (sulfide) groups is 1. The van der Waals surface area contributed by atoms with Crippen LogP contribution in [-0.2, 0) is 10.5 Å². The molecule has 3 aromatic rings. The molecule has 0 spiro atoms. The zero-order chi connectivity index (χ0) is 21.8. The molecule has 0 saturated heterocycles. The summed E-state index contributed by atoms with van der Waals surface area (Å²) in [4.78, 5) is 32.7. The number of H-pyrrole nitrogens is 1. The third-order valence-corrected chi connectivity index (χ3v) is 5.92. The number of benzene rings is 2. The van der Waals surface area contributed by atoms with Crippen molar-refractivity contribution in [3.8, 4) is 5.75 Å². The second-order valence-corrected chi connectivity index (χ2v) is 8.20. The van der Waals surface area contributed by atoms with E-state index in [0.29, 0.717) is 28.8 Å². The molecule has 0 saturated carbocycles. The minimum atomic E-state index is -0.441. The minimum absolute atomic E-state index is 0.145. The van der Waals surface area contributed by atoms with Gasteiger partial charge in [0.2, 0.25) is 5.91 Å². The number of carbonyl (C=O) groups excluding carboxylic acids is 1. The number of hydrogen-bond donors (Lipinski definition) is 2. The van der Waals surface area contributed by atoms with Crippen molar-refractivity contribution in [2.75, 3.05) is 11.9 Å². The highest BCUT2D eigenvalue weighted by atomic mass is 32.2. The van der Waals surface area contributed by atoms with E-state index in [1.807, 2.05) is 31.2 Å². The number of aromatic nitrogens is 2. The second kappa shape index (κ2) is 9.34. The third-order valence-electron chi connectivity index (χ3n) is 4.97. The fraction of sp³-hybridized carbons (Fsp3) is 0.261. The summed E-state index contributed by atoms with van der Waals surface area (Å²) in [5.74, 6) is 0.513. The SMILES string of the molecule is CCCOc1ccccc1[C@H]1CC(=O)Nc2nc(SCc3ccc(F)cc3)[nH]c(=O)c21. The number of fused-ring (bicyclic) bond motifs is 1. The molecule has 1 amide bonds. The molecule has 8 heteroatoms. The first kappa shape index (κ1) is 21.1. The van der Waals surface area contributed by atoms with Crippen LogP contribution in [0, 0.1) is 5.82 Å². The van der Waals surface area contributed by atoms with E-state index in [4.69, 9.17) is 4.74 Å². The standard InChI is InChI=1S/C23H22FN3O3S/c1-2-11-30-18-6-4-3-5-16(18)17-12-19(28)25-21-20(17)22(29)27-23(26-21)31-13-14-7-9-15(24)10-8-14/h3-10,17H,2,11-13H2,1H3,(H2,25,26,27,28,29)/t17-/m1/s1. The zero-order valence-corrected chi connectivity index (χ0v) is 17.8. The van der Waals surface area contributed by atoms with Gasteiger partial charge in [0.15, 0.2) is 5.16 Å². The van der Waals surface area contributed by atoms with Crippen molar-refractivity contribution in [3.05, 3.63) is 81.4 Å². The predicted octanol–water partition coefficient (Wildman–Crippen LogP) is 4.46. The molecule has 31 heavy (non-hydrogen) atoms. The van der Waals surface area contributed by atoms with Crippen LogP contribution in [0.15, 0.2) is 58.5 Å². The first-order chi connectivity index (χ1) is 15.0. The van der Waals surface area contributed by atoms with Crippen LogP contribution in [0.25, 0.3) is 0 Å². The van der Waals surface area contributed by atoms with Crippen molar-refractivity contribution in [3.63, 3.8) is 0 Å². The summed E-state index contributed by atoms with van der Waals surface area (Å²) in [5.41, 5.74) is 1.84. The molecule has 1 aliphatic rings. The lowest BCUT2D eigenvalue weighted by Crippen LogP contribution is -2.31. The number of ether oxygens (including phenoxy) is 1. The monoisotopic (exact) mass is 439 g/mol. The predicted molar refractivity (Wildman–Crippen MR) is 118 cm³/mol. The summed E-state index contributed by atoms with van der Waals surface area (Å²) in [6, 6.07) is 13.6. The summed E-state index contributed by atoms with van der Waals surface area (Å²) in [6.07, 6.45) is 0.999. The van der Waals surface area contributed by atoms with Gasteiger partial charge in [-0.1, -0.05) is 49.0 Å². The molecule has 2 heterocycles. The van der Waals surface area contributed by atoms with E-state index in [-0.39, 0.29) is 29.5 Å². The number of carbonyl (C=O) groups is 1. The maximum absolute atomic E-state index is 13.1. The van der Waals surface area contributed by atoms with E-state index in [1.165, 1.54) is 23.9 Å². The highest BCUT2D eigenvalue weighted by molar-refractivity contribution is 7.98. The summed E-state index contributed by atoms with van der Waals surface area (Å²) in [6.45, 7) is 2.57. The van der Waals surface area contributed by atoms with Gasteiger partial charge in [-0.15, -0.1) is 0 Å². The van der Waals surface area contributed by atoms with Crippen LogP contribution in [0.2, 0.25) is 0 Å². The van der Waals surface area contributed by atoms with Crippen LogP contribution in [0.5, 0.6) is 5.75 Å². The van der Waals surface area contributed by atoms with Gasteiger partial charge in [0.05, 0.1) is 12.2 Å². The quantitative estimate of drug-likeness (QED) is 0.419. The Balaban J connectivity index is 1.65. The summed E-state index contributed by atoms with van der Waals surface area (Å²) < 4.78 is 18.9. The Bertz CT molecular complexity index is 1150. The highest BCUT2D eigenvalue weighted by Crippen LogP contribution is 2.38. The molecule has 0 bridgehead atoms. The molecule has 0 aliphatic carbocycles. The number of nitrogens with one attached hydrogen (secondary N) is 2. The van der Waals surface area contributed by atoms with Crippen molar-refractivity contribution < 1.29 is 13.9 Å². The van der Waals surface area contributed by atoms with Crippen molar-refractivity contribution in [1.29, 1.82) is 0 Å². The first-order valence-electron chi connectivity index (χ1n) is 10.1. The molecular weight excluding hydrogens is 417 g/mol. The molecule has 6 nitrogen and oxygen atoms in total. The number of aromatic amines is 1. The molecule has 2 N–H and O–H groups in total. The number of para-hydroxylation sites is 1. The van der Waals surface area contributed by atoms with E-state index in [2.05, 4.69) is 15.3 Å². The van der Waals surface area contributed by atoms with Crippen molar-refractivity contribution in [1.82, 2.24) is 9.97 Å².